The Balaban J connectivity index is 3.05. The van der Waals surface area contributed by atoms with Gasteiger partial charge in [0.05, 0.1) is 0 Å². The average molecular weight is 180 g/mol. The fourth-order valence-corrected chi connectivity index (χ4v) is 0.991. The van der Waals surface area contributed by atoms with Gasteiger partial charge in [-0.1, -0.05) is 13.0 Å². The van der Waals surface area contributed by atoms with Crippen molar-refractivity contribution in [2.45, 2.75) is 26.3 Å². The minimum atomic E-state index is 0.337. The second-order valence-corrected chi connectivity index (χ2v) is 2.95. The van der Waals surface area contributed by atoms with Gasteiger partial charge < -0.3 is 4.84 Å². The standard InChI is InChI=1S/C10H16N2O/c1-4-9(2)11-10-7-5-6-8-12(10)13-3/h5-9H,4H2,1-3H3. The number of pyridine rings is 1. The summed E-state index contributed by atoms with van der Waals surface area (Å²) >= 11 is 0. The molecule has 3 heteroatoms. The Morgan fingerprint density at radius 2 is 2.31 bits per heavy atom. The topological polar surface area (TPSA) is 26.5 Å². The zero-order valence-electron chi connectivity index (χ0n) is 8.40. The zero-order chi connectivity index (χ0) is 9.68. The molecule has 1 aromatic rings. The summed E-state index contributed by atoms with van der Waals surface area (Å²) in [7, 11) is 1.63. The zero-order valence-corrected chi connectivity index (χ0v) is 8.40. The Hall–Kier alpha value is -1.25. The molecule has 1 rings (SSSR count). The van der Waals surface area contributed by atoms with Gasteiger partial charge in [-0.25, -0.2) is 0 Å². The summed E-state index contributed by atoms with van der Waals surface area (Å²) < 4.78 is 1.66. The highest BCUT2D eigenvalue weighted by Crippen LogP contribution is 1.92. The van der Waals surface area contributed by atoms with E-state index in [9.17, 15) is 0 Å². The van der Waals surface area contributed by atoms with Gasteiger partial charge in [-0.15, -0.1) is 0 Å². The summed E-state index contributed by atoms with van der Waals surface area (Å²) in [5.74, 6) is 0. The van der Waals surface area contributed by atoms with Crippen LogP contribution in [0.1, 0.15) is 20.3 Å². The molecule has 72 valence electrons. The van der Waals surface area contributed by atoms with E-state index in [1.165, 1.54) is 0 Å². The van der Waals surface area contributed by atoms with Gasteiger partial charge in [0, 0.05) is 12.2 Å². The Kier molecular flexibility index (Phi) is 3.55. The van der Waals surface area contributed by atoms with Gasteiger partial charge in [0.15, 0.2) is 5.49 Å². The monoisotopic (exact) mass is 180 g/mol. The van der Waals surface area contributed by atoms with Crippen molar-refractivity contribution >= 4 is 0 Å². The molecule has 0 N–H and O–H groups in total. The molecule has 0 saturated heterocycles. The van der Waals surface area contributed by atoms with Crippen molar-refractivity contribution in [3.63, 3.8) is 0 Å². The summed E-state index contributed by atoms with van der Waals surface area (Å²) in [5, 5.41) is 0. The van der Waals surface area contributed by atoms with Crippen LogP contribution in [0.3, 0.4) is 0 Å². The molecule has 1 atom stereocenters. The number of hydrogen-bond donors (Lipinski definition) is 0. The Labute approximate surface area is 78.6 Å². The molecule has 0 bridgehead atoms. The number of hydrogen-bond acceptors (Lipinski definition) is 2. The lowest BCUT2D eigenvalue weighted by atomic mass is 10.3. The van der Waals surface area contributed by atoms with Crippen molar-refractivity contribution in [3.05, 3.63) is 29.9 Å². The summed E-state index contributed by atoms with van der Waals surface area (Å²) in [6, 6.07) is 6.15. The van der Waals surface area contributed by atoms with E-state index in [1.807, 2.05) is 24.4 Å². The summed E-state index contributed by atoms with van der Waals surface area (Å²) in [6.45, 7) is 4.21. The van der Waals surface area contributed by atoms with Gasteiger partial charge in [-0.2, -0.15) is 4.73 Å². The third-order valence-electron chi connectivity index (χ3n) is 1.94. The summed E-state index contributed by atoms with van der Waals surface area (Å²) in [6.07, 6.45) is 2.89. The van der Waals surface area contributed by atoms with Crippen molar-refractivity contribution in [2.24, 2.45) is 4.99 Å². The lowest BCUT2D eigenvalue weighted by Gasteiger charge is -2.06. The number of aromatic nitrogens is 1. The largest absolute Gasteiger partial charge is 0.416 e. The molecular weight excluding hydrogens is 164 g/mol. The minimum Gasteiger partial charge on any atom is -0.416 e. The van der Waals surface area contributed by atoms with Gasteiger partial charge in [0.2, 0.25) is 0 Å². The van der Waals surface area contributed by atoms with E-state index >= 15 is 0 Å². The molecule has 0 aliphatic rings. The number of nitrogens with zero attached hydrogens (tertiary/aromatic N) is 2. The van der Waals surface area contributed by atoms with Crippen LogP contribution < -0.4 is 10.3 Å². The van der Waals surface area contributed by atoms with Gasteiger partial charge >= 0.3 is 0 Å². The first-order valence-electron chi connectivity index (χ1n) is 4.54. The Bertz CT molecular complexity index is 317. The first kappa shape index (κ1) is 9.84. The first-order chi connectivity index (χ1) is 6.27. The Morgan fingerprint density at radius 1 is 1.54 bits per heavy atom. The molecule has 0 aliphatic heterocycles. The van der Waals surface area contributed by atoms with E-state index in [0.29, 0.717) is 6.04 Å². The smallest absolute Gasteiger partial charge is 0.163 e. The molecule has 0 saturated carbocycles. The fourth-order valence-electron chi connectivity index (χ4n) is 0.991. The van der Waals surface area contributed by atoms with Gasteiger partial charge in [-0.3, -0.25) is 4.99 Å². The van der Waals surface area contributed by atoms with Crippen LogP contribution in [0.25, 0.3) is 0 Å². The molecule has 0 aromatic carbocycles. The van der Waals surface area contributed by atoms with Crippen LogP contribution in [0, 0.1) is 0 Å². The van der Waals surface area contributed by atoms with Gasteiger partial charge in [-0.05, 0) is 25.5 Å². The van der Waals surface area contributed by atoms with Gasteiger partial charge in [0.1, 0.15) is 7.11 Å². The normalized spacial score (nSPS) is 14.2. The summed E-state index contributed by atoms with van der Waals surface area (Å²) in [5.41, 5.74) is 0.861. The van der Waals surface area contributed by atoms with E-state index in [1.54, 1.807) is 11.8 Å². The molecular formula is C10H16N2O. The van der Waals surface area contributed by atoms with E-state index < -0.39 is 0 Å². The molecule has 0 spiro atoms. The van der Waals surface area contributed by atoms with Crippen molar-refractivity contribution < 1.29 is 4.84 Å². The van der Waals surface area contributed by atoms with Crippen LogP contribution in [0.4, 0.5) is 0 Å². The van der Waals surface area contributed by atoms with Crippen LogP contribution in [0.5, 0.6) is 0 Å². The summed E-state index contributed by atoms with van der Waals surface area (Å²) in [4.78, 5) is 9.60. The maximum Gasteiger partial charge on any atom is 0.163 e. The molecule has 13 heavy (non-hydrogen) atoms. The molecule has 1 heterocycles. The van der Waals surface area contributed by atoms with E-state index in [-0.39, 0.29) is 0 Å². The van der Waals surface area contributed by atoms with Gasteiger partial charge in [0.25, 0.3) is 0 Å². The van der Waals surface area contributed by atoms with Crippen molar-refractivity contribution in [1.82, 2.24) is 4.73 Å². The SMILES string of the molecule is CCC(C)N=c1ccccn1OC. The molecule has 3 nitrogen and oxygen atoms in total. The molecule has 0 fully saturated rings. The van der Waals surface area contributed by atoms with Crippen LogP contribution in [0.2, 0.25) is 0 Å². The maximum atomic E-state index is 5.11. The van der Waals surface area contributed by atoms with E-state index in [2.05, 4.69) is 18.8 Å². The second kappa shape index (κ2) is 4.70. The molecule has 0 aliphatic carbocycles. The minimum absolute atomic E-state index is 0.337. The quantitative estimate of drug-likeness (QED) is 0.687. The third kappa shape index (κ3) is 2.61. The lowest BCUT2D eigenvalue weighted by molar-refractivity contribution is 0.153. The lowest BCUT2D eigenvalue weighted by Crippen LogP contribution is -2.25. The van der Waals surface area contributed by atoms with Crippen molar-refractivity contribution in [2.75, 3.05) is 7.11 Å². The van der Waals surface area contributed by atoms with Crippen molar-refractivity contribution in [3.8, 4) is 0 Å². The predicted molar refractivity (Wildman–Crippen MR) is 52.3 cm³/mol. The maximum absolute atomic E-state index is 5.11. The fraction of sp³-hybridized carbons (Fsp3) is 0.500. The van der Waals surface area contributed by atoms with Crippen LogP contribution in [0.15, 0.2) is 29.4 Å². The average Bonchev–Trinajstić information content (AvgIpc) is 2.18. The highest BCUT2D eigenvalue weighted by molar-refractivity contribution is 4.91. The molecule has 0 radical (unpaired) electrons. The number of rotatable bonds is 3. The van der Waals surface area contributed by atoms with Crippen LogP contribution >= 0.6 is 0 Å². The molecule has 1 aromatic heterocycles. The predicted octanol–water partition coefficient (Wildman–Crippen LogP) is 1.25. The van der Waals surface area contributed by atoms with E-state index in [4.69, 9.17) is 4.84 Å². The molecule has 1 unspecified atom stereocenters. The third-order valence-corrected chi connectivity index (χ3v) is 1.94. The Morgan fingerprint density at radius 3 is 2.92 bits per heavy atom. The van der Waals surface area contributed by atoms with Crippen LogP contribution in [-0.2, 0) is 0 Å². The highest BCUT2D eigenvalue weighted by Gasteiger charge is 1.94. The van der Waals surface area contributed by atoms with E-state index in [0.717, 1.165) is 11.9 Å². The first-order valence-corrected chi connectivity index (χ1v) is 4.54. The highest BCUT2D eigenvalue weighted by atomic mass is 16.6. The van der Waals surface area contributed by atoms with Crippen LogP contribution in [-0.4, -0.2) is 17.9 Å². The second-order valence-electron chi connectivity index (χ2n) is 2.95. The molecule has 0 amide bonds. The van der Waals surface area contributed by atoms with Crippen molar-refractivity contribution in [1.29, 1.82) is 0 Å².